The summed E-state index contributed by atoms with van der Waals surface area (Å²) >= 11 is 0. The Bertz CT molecular complexity index is 365. The molecule has 0 unspecified atom stereocenters. The summed E-state index contributed by atoms with van der Waals surface area (Å²) in [7, 11) is -2.68. The molecule has 0 saturated carbocycles. The lowest BCUT2D eigenvalue weighted by atomic mass is 10.0. The minimum atomic E-state index is -3.80. The second-order valence-electron chi connectivity index (χ2n) is 4.24. The molecule has 1 saturated heterocycles. The lowest BCUT2D eigenvalue weighted by molar-refractivity contribution is 0.175. The molecule has 1 aliphatic heterocycles. The van der Waals surface area contributed by atoms with Gasteiger partial charge in [-0.25, -0.2) is 9.52 Å². The van der Waals surface area contributed by atoms with E-state index in [1.807, 2.05) is 18.6 Å². The van der Waals surface area contributed by atoms with Crippen LogP contribution in [0, 0.1) is 0 Å². The summed E-state index contributed by atoms with van der Waals surface area (Å²) in [6, 6.07) is 0. The molecule has 0 spiro atoms. The Morgan fingerprint density at radius 1 is 1.50 bits per heavy atom. The molecule has 1 fully saturated rings. The lowest BCUT2D eigenvalue weighted by Crippen LogP contribution is -2.60. The van der Waals surface area contributed by atoms with Crippen molar-refractivity contribution in [2.75, 3.05) is 26.7 Å². The van der Waals surface area contributed by atoms with E-state index in [-0.39, 0.29) is 5.54 Å². The molecule has 94 valence electrons. The van der Waals surface area contributed by atoms with E-state index in [9.17, 15) is 13.2 Å². The Kier molecular flexibility index (Phi) is 3.76. The van der Waals surface area contributed by atoms with Gasteiger partial charge in [0.05, 0.1) is 7.11 Å². The maximum absolute atomic E-state index is 11.7. The third-order valence-corrected chi connectivity index (χ3v) is 3.69. The van der Waals surface area contributed by atoms with Crippen molar-refractivity contribution < 1.29 is 17.9 Å². The molecule has 0 bridgehead atoms. The minimum Gasteiger partial charge on any atom is -0.452 e. The molecule has 8 heteroatoms. The van der Waals surface area contributed by atoms with Crippen LogP contribution in [0.3, 0.4) is 0 Å². The smallest absolute Gasteiger partial charge is 0.421 e. The van der Waals surface area contributed by atoms with Crippen LogP contribution in [0.5, 0.6) is 0 Å². The van der Waals surface area contributed by atoms with Crippen LogP contribution >= 0.6 is 0 Å². The van der Waals surface area contributed by atoms with Gasteiger partial charge >= 0.3 is 16.3 Å². The van der Waals surface area contributed by atoms with Crippen LogP contribution in [-0.2, 0) is 14.9 Å². The van der Waals surface area contributed by atoms with Gasteiger partial charge in [-0.15, -0.1) is 0 Å². The number of amides is 1. The zero-order valence-electron chi connectivity index (χ0n) is 9.61. The predicted octanol–water partition coefficient (Wildman–Crippen LogP) is -0.729. The molecule has 1 rings (SSSR count). The number of hydrogen-bond acceptors (Lipinski definition) is 5. The number of carbonyl (C=O) groups is 1. The molecule has 0 aliphatic carbocycles. The highest BCUT2D eigenvalue weighted by atomic mass is 32.2. The average Bonchev–Trinajstić information content (AvgIpc) is 2.15. The summed E-state index contributed by atoms with van der Waals surface area (Å²) in [5.74, 6) is 0. The van der Waals surface area contributed by atoms with Crippen LogP contribution in [-0.4, -0.2) is 51.1 Å². The van der Waals surface area contributed by atoms with Gasteiger partial charge < -0.3 is 10.1 Å². The molecule has 1 aliphatic rings. The number of hydrogen-bond donors (Lipinski definition) is 2. The van der Waals surface area contributed by atoms with Gasteiger partial charge in [0.25, 0.3) is 0 Å². The fourth-order valence-electron chi connectivity index (χ4n) is 1.51. The van der Waals surface area contributed by atoms with Gasteiger partial charge in [0.15, 0.2) is 0 Å². The molecular weight excluding hydrogens is 234 g/mol. The van der Waals surface area contributed by atoms with Gasteiger partial charge in [-0.3, -0.25) is 0 Å². The van der Waals surface area contributed by atoms with Crippen LogP contribution < -0.4 is 10.0 Å². The normalized spacial score (nSPS) is 21.4. The molecule has 1 amide bonds. The summed E-state index contributed by atoms with van der Waals surface area (Å²) in [6.45, 7) is 4.98. The first-order valence-electron chi connectivity index (χ1n) is 4.88. The highest BCUT2D eigenvalue weighted by Gasteiger charge is 2.33. The maximum atomic E-state index is 11.7. The second-order valence-corrected chi connectivity index (χ2v) is 5.91. The SMILES string of the molecule is COC(=O)NS(=O)(=O)N1CCNC(C)(C)C1. The van der Waals surface area contributed by atoms with Gasteiger partial charge in [-0.1, -0.05) is 0 Å². The third-order valence-electron chi connectivity index (χ3n) is 2.27. The van der Waals surface area contributed by atoms with Crippen molar-refractivity contribution in [1.29, 1.82) is 0 Å². The second kappa shape index (κ2) is 4.56. The largest absolute Gasteiger partial charge is 0.452 e. The van der Waals surface area contributed by atoms with Crippen LogP contribution in [0.4, 0.5) is 4.79 Å². The van der Waals surface area contributed by atoms with E-state index in [1.165, 1.54) is 4.31 Å². The van der Waals surface area contributed by atoms with Gasteiger partial charge in [0, 0.05) is 25.2 Å². The number of nitrogens with zero attached hydrogens (tertiary/aromatic N) is 1. The monoisotopic (exact) mass is 251 g/mol. The molecule has 0 aromatic carbocycles. The summed E-state index contributed by atoms with van der Waals surface area (Å²) < 4.78 is 30.8. The molecule has 0 aromatic heterocycles. The number of carbonyl (C=O) groups excluding carboxylic acids is 1. The number of nitrogens with one attached hydrogen (secondary N) is 2. The van der Waals surface area contributed by atoms with E-state index in [0.717, 1.165) is 7.11 Å². The highest BCUT2D eigenvalue weighted by molar-refractivity contribution is 7.87. The van der Waals surface area contributed by atoms with Gasteiger partial charge in [0.1, 0.15) is 0 Å². The number of methoxy groups -OCH3 is 1. The summed E-state index contributed by atoms with van der Waals surface area (Å²) in [6.07, 6.45) is -0.976. The van der Waals surface area contributed by atoms with Crippen molar-refractivity contribution in [1.82, 2.24) is 14.3 Å². The van der Waals surface area contributed by atoms with E-state index in [2.05, 4.69) is 10.1 Å². The minimum absolute atomic E-state index is 0.302. The molecule has 1 heterocycles. The van der Waals surface area contributed by atoms with Crippen LogP contribution in [0.25, 0.3) is 0 Å². The van der Waals surface area contributed by atoms with Crippen LogP contribution in [0.15, 0.2) is 0 Å². The summed E-state index contributed by atoms with van der Waals surface area (Å²) in [5.41, 5.74) is -0.302. The van der Waals surface area contributed by atoms with E-state index in [1.54, 1.807) is 0 Å². The van der Waals surface area contributed by atoms with Crippen molar-refractivity contribution in [3.05, 3.63) is 0 Å². The fraction of sp³-hybridized carbons (Fsp3) is 0.875. The van der Waals surface area contributed by atoms with E-state index in [4.69, 9.17) is 0 Å². The van der Waals surface area contributed by atoms with Crippen molar-refractivity contribution in [2.24, 2.45) is 0 Å². The fourth-order valence-corrected chi connectivity index (χ4v) is 2.76. The van der Waals surface area contributed by atoms with Crippen LogP contribution in [0.2, 0.25) is 0 Å². The number of ether oxygens (including phenoxy) is 1. The van der Waals surface area contributed by atoms with E-state index >= 15 is 0 Å². The lowest BCUT2D eigenvalue weighted by Gasteiger charge is -2.37. The van der Waals surface area contributed by atoms with Crippen molar-refractivity contribution in [3.63, 3.8) is 0 Å². The van der Waals surface area contributed by atoms with Crippen LogP contribution in [0.1, 0.15) is 13.8 Å². The molecule has 2 N–H and O–H groups in total. The van der Waals surface area contributed by atoms with Gasteiger partial charge in [-0.2, -0.15) is 12.7 Å². The molecule has 7 nitrogen and oxygen atoms in total. The Labute approximate surface area is 95.3 Å². The highest BCUT2D eigenvalue weighted by Crippen LogP contribution is 2.12. The maximum Gasteiger partial charge on any atom is 0.421 e. The molecule has 0 aromatic rings. The first-order chi connectivity index (χ1) is 7.27. The Morgan fingerprint density at radius 2 is 2.12 bits per heavy atom. The summed E-state index contributed by atoms with van der Waals surface area (Å²) in [4.78, 5) is 10.9. The third kappa shape index (κ3) is 3.32. The Hall–Kier alpha value is -0.860. The molecule has 0 radical (unpaired) electrons. The zero-order valence-corrected chi connectivity index (χ0v) is 10.4. The zero-order chi connectivity index (χ0) is 12.4. The first-order valence-corrected chi connectivity index (χ1v) is 6.32. The number of piperazine rings is 1. The van der Waals surface area contributed by atoms with E-state index < -0.39 is 16.3 Å². The molecule has 0 atom stereocenters. The average molecular weight is 251 g/mol. The summed E-state index contributed by atoms with van der Waals surface area (Å²) in [5, 5.41) is 3.18. The van der Waals surface area contributed by atoms with E-state index in [0.29, 0.717) is 19.6 Å². The van der Waals surface area contributed by atoms with Crippen molar-refractivity contribution >= 4 is 16.3 Å². The van der Waals surface area contributed by atoms with Gasteiger partial charge in [0.2, 0.25) is 0 Å². The predicted molar refractivity (Wildman–Crippen MR) is 58.1 cm³/mol. The quantitative estimate of drug-likeness (QED) is 0.675. The molecular formula is C8H17N3O4S. The Balaban J connectivity index is 2.72. The topological polar surface area (TPSA) is 87.7 Å². The van der Waals surface area contributed by atoms with Crippen molar-refractivity contribution in [3.8, 4) is 0 Å². The van der Waals surface area contributed by atoms with Crippen molar-refractivity contribution in [2.45, 2.75) is 19.4 Å². The molecule has 16 heavy (non-hydrogen) atoms. The standard InChI is InChI=1S/C8H17N3O4S/c1-8(2)6-11(5-4-9-8)16(13,14)10-7(12)15-3/h9H,4-6H2,1-3H3,(H,10,12). The van der Waals surface area contributed by atoms with Gasteiger partial charge in [-0.05, 0) is 13.8 Å². The number of rotatable bonds is 2. The first kappa shape index (κ1) is 13.2. The Morgan fingerprint density at radius 3 is 2.62 bits per heavy atom.